The fourth-order valence-corrected chi connectivity index (χ4v) is 5.62. The van der Waals surface area contributed by atoms with Crippen LogP contribution >= 0.6 is 23.4 Å². The second-order valence-corrected chi connectivity index (χ2v) is 8.46. The van der Waals surface area contributed by atoms with Crippen molar-refractivity contribution in [2.24, 2.45) is 0 Å². The molecule has 2 aromatic rings. The summed E-state index contributed by atoms with van der Waals surface area (Å²) in [5, 5.41) is 0.788. The highest BCUT2D eigenvalue weighted by Crippen LogP contribution is 2.43. The molecule has 2 aliphatic heterocycles. The van der Waals surface area contributed by atoms with Crippen molar-refractivity contribution in [3.63, 3.8) is 0 Å². The summed E-state index contributed by atoms with van der Waals surface area (Å²) in [6.45, 7) is 1.06. The topological polar surface area (TPSA) is 21.7 Å². The van der Waals surface area contributed by atoms with E-state index in [1.165, 1.54) is 34.6 Å². The van der Waals surface area contributed by atoms with Crippen LogP contribution in [0.2, 0.25) is 5.02 Å². The maximum absolute atomic E-state index is 6.34. The number of rotatable bonds is 4. The highest BCUT2D eigenvalue weighted by Gasteiger charge is 2.35. The first kappa shape index (κ1) is 18.0. The lowest BCUT2D eigenvalue weighted by Crippen LogP contribution is -2.43. The van der Waals surface area contributed by atoms with Gasteiger partial charge < -0.3 is 9.47 Å². The Morgan fingerprint density at radius 2 is 1.92 bits per heavy atom. The van der Waals surface area contributed by atoms with Gasteiger partial charge in [-0.2, -0.15) is 11.8 Å². The van der Waals surface area contributed by atoms with Crippen LogP contribution in [0.1, 0.15) is 29.2 Å². The van der Waals surface area contributed by atoms with Crippen LogP contribution in [0.15, 0.2) is 36.4 Å². The van der Waals surface area contributed by atoms with E-state index in [-0.39, 0.29) is 6.04 Å². The van der Waals surface area contributed by atoms with Gasteiger partial charge in [-0.15, -0.1) is 0 Å². The van der Waals surface area contributed by atoms with Crippen molar-refractivity contribution in [1.29, 1.82) is 0 Å². The van der Waals surface area contributed by atoms with E-state index in [0.29, 0.717) is 6.04 Å². The number of halogens is 1. The SMILES string of the molecule is COc1cc2c(cc1OC)[C@H](c1cccc(Cl)c1)N([C@@H]1CCSC1)CC2. The van der Waals surface area contributed by atoms with Crippen LogP contribution in [-0.4, -0.2) is 43.2 Å². The Bertz CT molecular complexity index is 792. The van der Waals surface area contributed by atoms with Gasteiger partial charge in [-0.05, 0) is 59.6 Å². The Balaban J connectivity index is 1.84. The van der Waals surface area contributed by atoms with Crippen molar-refractivity contribution in [2.75, 3.05) is 32.3 Å². The average Bonchev–Trinajstić information content (AvgIpc) is 3.20. The number of fused-ring (bicyclic) bond motifs is 1. The minimum absolute atomic E-state index is 0.209. The number of ether oxygens (including phenoxy) is 2. The number of hydrogen-bond donors (Lipinski definition) is 0. The first-order valence-corrected chi connectivity index (χ1v) is 10.6. The largest absolute Gasteiger partial charge is 0.493 e. The molecule has 0 radical (unpaired) electrons. The fourth-order valence-electron chi connectivity index (χ4n) is 4.19. The molecule has 2 aliphatic rings. The third-order valence-corrected chi connectivity index (χ3v) is 6.83. The van der Waals surface area contributed by atoms with Gasteiger partial charge in [0.05, 0.1) is 20.3 Å². The summed E-state index contributed by atoms with van der Waals surface area (Å²) in [7, 11) is 3.40. The quantitative estimate of drug-likeness (QED) is 0.747. The van der Waals surface area contributed by atoms with Gasteiger partial charge in [0.15, 0.2) is 11.5 Å². The summed E-state index contributed by atoms with van der Waals surface area (Å²) in [6, 6.07) is 13.4. The van der Waals surface area contributed by atoms with Crippen LogP contribution in [0.3, 0.4) is 0 Å². The van der Waals surface area contributed by atoms with E-state index in [2.05, 4.69) is 40.9 Å². The molecule has 3 nitrogen and oxygen atoms in total. The van der Waals surface area contributed by atoms with Gasteiger partial charge in [-0.1, -0.05) is 23.7 Å². The van der Waals surface area contributed by atoms with Crippen molar-refractivity contribution in [2.45, 2.75) is 24.9 Å². The first-order valence-electron chi connectivity index (χ1n) is 9.05. The van der Waals surface area contributed by atoms with E-state index in [9.17, 15) is 0 Å². The van der Waals surface area contributed by atoms with Gasteiger partial charge in [-0.25, -0.2) is 0 Å². The molecule has 26 heavy (non-hydrogen) atoms. The minimum atomic E-state index is 0.209. The summed E-state index contributed by atoms with van der Waals surface area (Å²) >= 11 is 8.40. The van der Waals surface area contributed by atoms with Crippen molar-refractivity contribution < 1.29 is 9.47 Å². The molecular formula is C21H24ClNO2S. The standard InChI is InChI=1S/C21H24ClNO2S/c1-24-19-11-14-6-8-23(17-7-9-26-13-17)21(18(14)12-20(19)25-2)15-4-3-5-16(22)10-15/h3-5,10-12,17,21H,6-9,13H2,1-2H3/t17-,21+/m1/s1. The lowest BCUT2D eigenvalue weighted by molar-refractivity contribution is 0.159. The van der Waals surface area contributed by atoms with Gasteiger partial charge in [0, 0.05) is 23.4 Å². The highest BCUT2D eigenvalue weighted by atomic mass is 35.5. The monoisotopic (exact) mass is 389 g/mol. The number of thioether (sulfide) groups is 1. The molecule has 0 N–H and O–H groups in total. The summed E-state index contributed by atoms with van der Waals surface area (Å²) < 4.78 is 11.1. The molecule has 138 valence electrons. The van der Waals surface area contributed by atoms with E-state index in [1.54, 1.807) is 14.2 Å². The van der Waals surface area contributed by atoms with Crippen molar-refractivity contribution >= 4 is 23.4 Å². The van der Waals surface area contributed by atoms with Gasteiger partial charge in [0.25, 0.3) is 0 Å². The Kier molecular flexibility index (Phi) is 5.35. The maximum atomic E-state index is 6.34. The minimum Gasteiger partial charge on any atom is -0.493 e. The summed E-state index contributed by atoms with van der Waals surface area (Å²) in [6.07, 6.45) is 2.29. The molecule has 1 fully saturated rings. The molecule has 0 spiro atoms. The van der Waals surface area contributed by atoms with Crippen LogP contribution in [0, 0.1) is 0 Å². The molecule has 5 heteroatoms. The number of benzene rings is 2. The van der Waals surface area contributed by atoms with Gasteiger partial charge in [0.1, 0.15) is 0 Å². The third kappa shape index (κ3) is 3.30. The molecule has 0 bridgehead atoms. The zero-order valence-corrected chi connectivity index (χ0v) is 16.8. The second-order valence-electron chi connectivity index (χ2n) is 6.87. The normalized spacial score (nSPS) is 22.9. The predicted molar refractivity (Wildman–Crippen MR) is 109 cm³/mol. The Morgan fingerprint density at radius 1 is 1.12 bits per heavy atom. The van der Waals surface area contributed by atoms with Gasteiger partial charge in [0.2, 0.25) is 0 Å². The summed E-state index contributed by atoms with van der Waals surface area (Å²) in [5.41, 5.74) is 3.91. The number of hydrogen-bond acceptors (Lipinski definition) is 4. The Hall–Kier alpha value is -1.36. The zero-order chi connectivity index (χ0) is 18.1. The molecule has 1 saturated heterocycles. The van der Waals surface area contributed by atoms with E-state index < -0.39 is 0 Å². The lowest BCUT2D eigenvalue weighted by atomic mass is 9.86. The molecule has 0 saturated carbocycles. The number of methoxy groups -OCH3 is 2. The third-order valence-electron chi connectivity index (χ3n) is 5.45. The summed E-state index contributed by atoms with van der Waals surface area (Å²) in [5.74, 6) is 4.06. The average molecular weight is 390 g/mol. The Morgan fingerprint density at radius 3 is 2.62 bits per heavy atom. The van der Waals surface area contributed by atoms with Crippen LogP contribution in [-0.2, 0) is 6.42 Å². The smallest absolute Gasteiger partial charge is 0.161 e. The first-order chi connectivity index (χ1) is 12.7. The van der Waals surface area contributed by atoms with Crippen molar-refractivity contribution in [3.05, 3.63) is 58.1 Å². The van der Waals surface area contributed by atoms with Gasteiger partial charge >= 0.3 is 0 Å². The lowest BCUT2D eigenvalue weighted by Gasteiger charge is -2.41. The molecule has 2 atom stereocenters. The van der Waals surface area contributed by atoms with E-state index in [0.717, 1.165) is 29.5 Å². The van der Waals surface area contributed by atoms with E-state index in [4.69, 9.17) is 21.1 Å². The second kappa shape index (κ2) is 7.71. The highest BCUT2D eigenvalue weighted by molar-refractivity contribution is 7.99. The van der Waals surface area contributed by atoms with Crippen LogP contribution in [0.4, 0.5) is 0 Å². The van der Waals surface area contributed by atoms with Crippen LogP contribution < -0.4 is 9.47 Å². The molecule has 0 amide bonds. The molecular weight excluding hydrogens is 366 g/mol. The fraction of sp³-hybridized carbons (Fsp3) is 0.429. The Labute approximate surface area is 164 Å². The van der Waals surface area contributed by atoms with Crippen LogP contribution in [0.25, 0.3) is 0 Å². The van der Waals surface area contributed by atoms with E-state index >= 15 is 0 Å². The molecule has 2 aromatic carbocycles. The summed E-state index contributed by atoms with van der Waals surface area (Å²) in [4.78, 5) is 2.67. The number of nitrogens with zero attached hydrogens (tertiary/aromatic N) is 1. The molecule has 0 unspecified atom stereocenters. The zero-order valence-electron chi connectivity index (χ0n) is 15.2. The maximum Gasteiger partial charge on any atom is 0.161 e. The molecule has 0 aliphatic carbocycles. The van der Waals surface area contributed by atoms with E-state index in [1.807, 2.05) is 12.1 Å². The molecule has 4 rings (SSSR count). The van der Waals surface area contributed by atoms with Gasteiger partial charge in [-0.3, -0.25) is 4.90 Å². The van der Waals surface area contributed by atoms with Crippen LogP contribution in [0.5, 0.6) is 11.5 Å². The predicted octanol–water partition coefficient (Wildman–Crippen LogP) is 4.81. The molecule has 0 aromatic heterocycles. The van der Waals surface area contributed by atoms with Crippen molar-refractivity contribution in [3.8, 4) is 11.5 Å². The molecule has 2 heterocycles. The van der Waals surface area contributed by atoms with Crippen molar-refractivity contribution in [1.82, 2.24) is 4.90 Å².